The first kappa shape index (κ1) is 24.2. The molecular formula is C22H29FN2O6. The molecule has 8 nitrogen and oxygen atoms in total. The molecule has 1 aliphatic rings. The van der Waals surface area contributed by atoms with Crippen LogP contribution in [0.1, 0.15) is 43.6 Å². The SMILES string of the molecule is CCOC(=O)CN1CCc2ccc(OC/C(=C/F)CNC(=O)OC(C)(C)C)cc2C1=O. The van der Waals surface area contributed by atoms with Gasteiger partial charge in [0, 0.05) is 24.2 Å². The molecule has 1 aromatic rings. The zero-order valence-corrected chi connectivity index (χ0v) is 18.3. The smallest absolute Gasteiger partial charge is 0.407 e. The molecule has 0 bridgehead atoms. The lowest BCUT2D eigenvalue weighted by molar-refractivity contribution is -0.143. The number of nitrogens with zero attached hydrogens (tertiary/aromatic N) is 1. The zero-order chi connectivity index (χ0) is 23.0. The van der Waals surface area contributed by atoms with Crippen LogP contribution in [0.25, 0.3) is 0 Å². The third-order valence-electron chi connectivity index (χ3n) is 4.31. The monoisotopic (exact) mass is 436 g/mol. The molecule has 0 unspecified atom stereocenters. The lowest BCUT2D eigenvalue weighted by atomic mass is 9.98. The van der Waals surface area contributed by atoms with Crippen molar-refractivity contribution in [2.24, 2.45) is 0 Å². The molecule has 1 aromatic carbocycles. The Morgan fingerprint density at radius 3 is 2.68 bits per heavy atom. The summed E-state index contributed by atoms with van der Waals surface area (Å²) in [6, 6.07) is 5.05. The average molecular weight is 436 g/mol. The van der Waals surface area contributed by atoms with E-state index < -0.39 is 17.7 Å². The number of nitrogens with one attached hydrogen (secondary N) is 1. The van der Waals surface area contributed by atoms with E-state index in [-0.39, 0.29) is 37.8 Å². The summed E-state index contributed by atoms with van der Waals surface area (Å²) >= 11 is 0. The van der Waals surface area contributed by atoms with Gasteiger partial charge in [0.05, 0.1) is 12.9 Å². The number of halogens is 1. The Morgan fingerprint density at radius 1 is 1.29 bits per heavy atom. The fourth-order valence-electron chi connectivity index (χ4n) is 2.90. The van der Waals surface area contributed by atoms with Gasteiger partial charge < -0.3 is 24.4 Å². The van der Waals surface area contributed by atoms with Gasteiger partial charge in [0.25, 0.3) is 5.91 Å². The molecule has 1 aliphatic heterocycles. The van der Waals surface area contributed by atoms with Crippen LogP contribution in [0, 0.1) is 0 Å². The number of alkyl carbamates (subject to hydrolysis) is 1. The van der Waals surface area contributed by atoms with E-state index >= 15 is 0 Å². The van der Waals surface area contributed by atoms with Gasteiger partial charge in [-0.1, -0.05) is 6.07 Å². The van der Waals surface area contributed by atoms with Crippen molar-refractivity contribution in [1.29, 1.82) is 0 Å². The predicted molar refractivity (Wildman–Crippen MR) is 112 cm³/mol. The molecule has 170 valence electrons. The predicted octanol–water partition coefficient (Wildman–Crippen LogP) is 3.00. The molecule has 1 heterocycles. The molecule has 0 radical (unpaired) electrons. The number of amides is 2. The summed E-state index contributed by atoms with van der Waals surface area (Å²) in [5.41, 5.74) is 0.826. The Morgan fingerprint density at radius 2 is 2.03 bits per heavy atom. The first-order valence-electron chi connectivity index (χ1n) is 10.1. The topological polar surface area (TPSA) is 94.2 Å². The van der Waals surface area contributed by atoms with Crippen molar-refractivity contribution >= 4 is 18.0 Å². The highest BCUT2D eigenvalue weighted by molar-refractivity contribution is 5.98. The van der Waals surface area contributed by atoms with Crippen molar-refractivity contribution in [2.75, 3.05) is 32.8 Å². The Labute approximate surface area is 181 Å². The largest absolute Gasteiger partial charge is 0.489 e. The standard InChI is InChI=1S/C22H29FN2O6/c1-5-29-19(26)13-25-9-8-16-6-7-17(10-18(16)20(25)27)30-14-15(11-23)12-24-21(28)31-22(2,3)4/h6-7,10-11H,5,8-9,12-14H2,1-4H3,(H,24,28)/b15-11+. The Balaban J connectivity index is 1.95. The minimum Gasteiger partial charge on any atom is -0.489 e. The summed E-state index contributed by atoms with van der Waals surface area (Å²) in [6.45, 7) is 7.26. The summed E-state index contributed by atoms with van der Waals surface area (Å²) < 4.78 is 28.8. The van der Waals surface area contributed by atoms with Crippen LogP contribution in [0.5, 0.6) is 5.75 Å². The Hall–Kier alpha value is -3.10. The number of fused-ring (bicyclic) bond motifs is 1. The molecule has 2 amide bonds. The van der Waals surface area contributed by atoms with E-state index in [2.05, 4.69) is 5.32 Å². The third-order valence-corrected chi connectivity index (χ3v) is 4.31. The summed E-state index contributed by atoms with van der Waals surface area (Å²) in [5.74, 6) is -0.365. The second-order valence-corrected chi connectivity index (χ2v) is 8.01. The van der Waals surface area contributed by atoms with E-state index in [1.165, 1.54) is 4.90 Å². The van der Waals surface area contributed by atoms with Crippen molar-refractivity contribution in [3.63, 3.8) is 0 Å². The number of carbonyl (C=O) groups is 3. The van der Waals surface area contributed by atoms with Gasteiger partial charge in [-0.05, 0) is 51.8 Å². The second-order valence-electron chi connectivity index (χ2n) is 8.01. The highest BCUT2D eigenvalue weighted by Gasteiger charge is 2.26. The van der Waals surface area contributed by atoms with Crippen LogP contribution in [0.2, 0.25) is 0 Å². The molecule has 1 N–H and O–H groups in total. The minimum atomic E-state index is -0.659. The van der Waals surface area contributed by atoms with E-state index in [9.17, 15) is 18.8 Å². The molecule has 0 aromatic heterocycles. The quantitative estimate of drug-likeness (QED) is 0.630. The number of hydrogen-bond acceptors (Lipinski definition) is 6. The van der Waals surface area contributed by atoms with E-state index in [4.69, 9.17) is 14.2 Å². The van der Waals surface area contributed by atoms with Crippen molar-refractivity contribution in [3.05, 3.63) is 41.2 Å². The van der Waals surface area contributed by atoms with Crippen LogP contribution < -0.4 is 10.1 Å². The summed E-state index contributed by atoms with van der Waals surface area (Å²) in [6.07, 6.45) is 0.311. The zero-order valence-electron chi connectivity index (χ0n) is 18.3. The van der Waals surface area contributed by atoms with Gasteiger partial charge in [0.15, 0.2) is 0 Å². The molecular weight excluding hydrogens is 407 g/mol. The summed E-state index contributed by atoms with van der Waals surface area (Å²) in [4.78, 5) is 37.6. The number of rotatable bonds is 8. The fraction of sp³-hybridized carbons (Fsp3) is 0.500. The van der Waals surface area contributed by atoms with Crippen LogP contribution in [0.15, 0.2) is 30.1 Å². The van der Waals surface area contributed by atoms with Gasteiger partial charge in [-0.3, -0.25) is 9.59 Å². The highest BCUT2D eigenvalue weighted by atomic mass is 19.1. The molecule has 0 saturated carbocycles. The van der Waals surface area contributed by atoms with E-state index in [1.54, 1.807) is 45.9 Å². The Bertz CT molecular complexity index is 847. The molecule has 0 saturated heterocycles. The minimum absolute atomic E-state index is 0.0808. The van der Waals surface area contributed by atoms with Crippen molar-refractivity contribution in [2.45, 2.75) is 39.7 Å². The lowest BCUT2D eigenvalue weighted by Crippen LogP contribution is -2.41. The van der Waals surface area contributed by atoms with Gasteiger partial charge in [-0.25, -0.2) is 9.18 Å². The highest BCUT2D eigenvalue weighted by Crippen LogP contribution is 2.24. The van der Waals surface area contributed by atoms with Gasteiger partial charge >= 0.3 is 12.1 Å². The summed E-state index contributed by atoms with van der Waals surface area (Å²) in [5, 5.41) is 2.46. The molecule has 31 heavy (non-hydrogen) atoms. The van der Waals surface area contributed by atoms with Gasteiger partial charge in [-0.2, -0.15) is 0 Å². The second kappa shape index (κ2) is 10.8. The Kier molecular flexibility index (Phi) is 8.41. The van der Waals surface area contributed by atoms with Gasteiger partial charge in [0.1, 0.15) is 24.5 Å². The third kappa shape index (κ3) is 7.58. The number of esters is 1. The van der Waals surface area contributed by atoms with Crippen molar-refractivity contribution in [3.8, 4) is 5.75 Å². The number of benzene rings is 1. The molecule has 0 spiro atoms. The molecule has 0 aliphatic carbocycles. The van der Waals surface area contributed by atoms with Gasteiger partial charge in [-0.15, -0.1) is 0 Å². The normalized spacial score (nSPS) is 14.0. The molecule has 2 rings (SSSR count). The van der Waals surface area contributed by atoms with Gasteiger partial charge in [0.2, 0.25) is 0 Å². The number of hydrogen-bond donors (Lipinski definition) is 1. The van der Waals surface area contributed by atoms with E-state index in [1.807, 2.05) is 0 Å². The van der Waals surface area contributed by atoms with E-state index in [0.29, 0.717) is 30.6 Å². The van der Waals surface area contributed by atoms with Crippen LogP contribution >= 0.6 is 0 Å². The van der Waals surface area contributed by atoms with E-state index in [0.717, 1.165) is 5.56 Å². The van der Waals surface area contributed by atoms with Crippen molar-refractivity contribution < 1.29 is 33.0 Å². The molecule has 9 heteroatoms. The fourth-order valence-corrected chi connectivity index (χ4v) is 2.90. The van der Waals surface area contributed by atoms with Crippen molar-refractivity contribution in [1.82, 2.24) is 10.2 Å². The maximum atomic E-state index is 13.2. The number of ether oxygens (including phenoxy) is 3. The first-order chi connectivity index (χ1) is 14.6. The van der Waals surface area contributed by atoms with Crippen LogP contribution in [0.3, 0.4) is 0 Å². The lowest BCUT2D eigenvalue weighted by Gasteiger charge is -2.28. The van der Waals surface area contributed by atoms with Crippen LogP contribution in [0.4, 0.5) is 9.18 Å². The maximum Gasteiger partial charge on any atom is 0.407 e. The molecule has 0 atom stereocenters. The van der Waals surface area contributed by atoms with Crippen LogP contribution in [-0.4, -0.2) is 61.3 Å². The van der Waals surface area contributed by atoms with Crippen LogP contribution in [-0.2, 0) is 20.7 Å². The summed E-state index contributed by atoms with van der Waals surface area (Å²) in [7, 11) is 0. The number of carbonyl (C=O) groups excluding carboxylic acids is 3. The first-order valence-corrected chi connectivity index (χ1v) is 10.1. The average Bonchev–Trinajstić information content (AvgIpc) is 2.69. The molecule has 0 fully saturated rings. The maximum absolute atomic E-state index is 13.2.